The minimum Gasteiger partial charge on any atom is -0.322 e. The van der Waals surface area contributed by atoms with E-state index in [4.69, 9.17) is 0 Å². The monoisotopic (exact) mass is 367 g/mol. The Balaban J connectivity index is 1.79. The Kier molecular flexibility index (Phi) is 4.94. The number of aromatic nitrogens is 1. The number of carbonyl (C=O) groups is 3. The summed E-state index contributed by atoms with van der Waals surface area (Å²) in [6.07, 6.45) is 2.88. The van der Waals surface area contributed by atoms with E-state index in [1.807, 2.05) is 6.92 Å². The van der Waals surface area contributed by atoms with Crippen molar-refractivity contribution in [2.24, 2.45) is 7.05 Å². The third-order valence-electron chi connectivity index (χ3n) is 5.13. The quantitative estimate of drug-likeness (QED) is 0.804. The Morgan fingerprint density at radius 3 is 2.48 bits per heavy atom. The van der Waals surface area contributed by atoms with Crippen LogP contribution in [0.4, 0.5) is 5.69 Å². The summed E-state index contributed by atoms with van der Waals surface area (Å²) in [6, 6.07) is 9.86. The summed E-state index contributed by atoms with van der Waals surface area (Å²) in [7, 11) is 1.61. The number of nitrogens with one attached hydrogen (secondary N) is 2. The van der Waals surface area contributed by atoms with Crippen molar-refractivity contribution in [1.82, 2.24) is 9.88 Å². The van der Waals surface area contributed by atoms with Crippen LogP contribution in [0.2, 0.25) is 0 Å². The van der Waals surface area contributed by atoms with Gasteiger partial charge in [-0.1, -0.05) is 19.1 Å². The van der Waals surface area contributed by atoms with Gasteiger partial charge < -0.3 is 9.88 Å². The molecule has 0 unspecified atom stereocenters. The van der Waals surface area contributed by atoms with Crippen LogP contribution in [0.1, 0.15) is 42.1 Å². The van der Waals surface area contributed by atoms with Gasteiger partial charge in [0, 0.05) is 37.0 Å². The Morgan fingerprint density at radius 2 is 1.89 bits per heavy atom. The van der Waals surface area contributed by atoms with Gasteiger partial charge in [0.2, 0.25) is 11.8 Å². The van der Waals surface area contributed by atoms with E-state index in [0.717, 1.165) is 5.56 Å². The average molecular weight is 367 g/mol. The molecular formula is C20H21N3O4. The summed E-state index contributed by atoms with van der Waals surface area (Å²) in [4.78, 5) is 47.9. The standard InChI is InChI=1S/C20H21N3O4/c1-3-20(10-8-16(24)22-19(20)27)14-4-6-15(7-5-14)21-18(26)13-9-11-23(2)17(25)12-13/h4-7,9,11-12H,3,8,10H2,1-2H3,(H,21,26)(H,22,24,27)/t20-/m1/s1. The van der Waals surface area contributed by atoms with Crippen LogP contribution in [-0.2, 0) is 22.1 Å². The van der Waals surface area contributed by atoms with Crippen molar-refractivity contribution in [3.8, 4) is 0 Å². The molecule has 0 saturated carbocycles. The summed E-state index contributed by atoms with van der Waals surface area (Å²) in [5.74, 6) is -0.910. The van der Waals surface area contributed by atoms with Gasteiger partial charge in [-0.25, -0.2) is 0 Å². The van der Waals surface area contributed by atoms with Gasteiger partial charge in [0.1, 0.15) is 0 Å². The normalized spacial score (nSPS) is 19.5. The van der Waals surface area contributed by atoms with E-state index in [1.54, 1.807) is 37.4 Å². The van der Waals surface area contributed by atoms with Gasteiger partial charge in [-0.15, -0.1) is 0 Å². The fourth-order valence-electron chi connectivity index (χ4n) is 3.33. The van der Waals surface area contributed by atoms with Crippen molar-refractivity contribution in [3.05, 3.63) is 64.1 Å². The zero-order chi connectivity index (χ0) is 19.6. The van der Waals surface area contributed by atoms with E-state index >= 15 is 0 Å². The van der Waals surface area contributed by atoms with E-state index in [-0.39, 0.29) is 28.8 Å². The Hall–Kier alpha value is -3.22. The molecule has 0 radical (unpaired) electrons. The molecule has 1 aliphatic rings. The molecule has 2 heterocycles. The first-order chi connectivity index (χ1) is 12.9. The molecule has 1 aromatic carbocycles. The van der Waals surface area contributed by atoms with Crippen LogP contribution in [0.25, 0.3) is 0 Å². The maximum absolute atomic E-state index is 12.4. The predicted octanol–water partition coefficient (Wildman–Crippen LogP) is 1.72. The zero-order valence-corrected chi connectivity index (χ0v) is 15.2. The summed E-state index contributed by atoms with van der Waals surface area (Å²) in [5, 5.41) is 5.16. The average Bonchev–Trinajstić information content (AvgIpc) is 2.65. The third-order valence-corrected chi connectivity index (χ3v) is 5.13. The molecule has 0 bridgehead atoms. The summed E-state index contributed by atoms with van der Waals surface area (Å²) >= 11 is 0. The molecule has 2 N–H and O–H groups in total. The lowest BCUT2D eigenvalue weighted by molar-refractivity contribution is -0.138. The first-order valence-corrected chi connectivity index (χ1v) is 8.78. The van der Waals surface area contributed by atoms with Crippen molar-refractivity contribution in [2.45, 2.75) is 31.6 Å². The fourth-order valence-corrected chi connectivity index (χ4v) is 3.33. The Bertz CT molecular complexity index is 962. The van der Waals surface area contributed by atoms with Crippen molar-refractivity contribution < 1.29 is 14.4 Å². The number of benzene rings is 1. The van der Waals surface area contributed by atoms with Crippen molar-refractivity contribution >= 4 is 23.4 Å². The number of aryl methyl sites for hydroxylation is 1. The van der Waals surface area contributed by atoms with Gasteiger partial charge in [-0.05, 0) is 36.6 Å². The highest BCUT2D eigenvalue weighted by Gasteiger charge is 2.42. The number of hydrogen-bond donors (Lipinski definition) is 2. The number of amides is 3. The molecule has 7 heteroatoms. The minimum atomic E-state index is -0.734. The van der Waals surface area contributed by atoms with E-state index in [9.17, 15) is 19.2 Å². The van der Waals surface area contributed by atoms with Crippen molar-refractivity contribution in [2.75, 3.05) is 5.32 Å². The molecule has 7 nitrogen and oxygen atoms in total. The molecule has 3 rings (SSSR count). The third kappa shape index (κ3) is 3.53. The van der Waals surface area contributed by atoms with Gasteiger partial charge in [0.15, 0.2) is 0 Å². The highest BCUT2D eigenvalue weighted by Crippen LogP contribution is 2.36. The minimum absolute atomic E-state index is 0.248. The van der Waals surface area contributed by atoms with Crippen LogP contribution in [0.15, 0.2) is 47.4 Å². The molecule has 2 aromatic rings. The lowest BCUT2D eigenvalue weighted by Gasteiger charge is -2.35. The van der Waals surface area contributed by atoms with E-state index in [0.29, 0.717) is 24.9 Å². The first kappa shape index (κ1) is 18.6. The lowest BCUT2D eigenvalue weighted by atomic mass is 9.72. The first-order valence-electron chi connectivity index (χ1n) is 8.78. The number of carbonyl (C=O) groups excluding carboxylic acids is 3. The highest BCUT2D eigenvalue weighted by molar-refractivity contribution is 6.05. The molecule has 1 fully saturated rings. The van der Waals surface area contributed by atoms with Gasteiger partial charge in [-0.3, -0.25) is 24.5 Å². The van der Waals surface area contributed by atoms with Crippen LogP contribution in [0.3, 0.4) is 0 Å². The molecule has 1 saturated heterocycles. The number of imide groups is 1. The van der Waals surface area contributed by atoms with Crippen LogP contribution < -0.4 is 16.2 Å². The highest BCUT2D eigenvalue weighted by atomic mass is 16.2. The molecule has 1 atom stereocenters. The largest absolute Gasteiger partial charge is 0.322 e. The maximum atomic E-state index is 12.4. The van der Waals surface area contributed by atoms with E-state index in [2.05, 4.69) is 10.6 Å². The van der Waals surface area contributed by atoms with Crippen LogP contribution in [0.5, 0.6) is 0 Å². The number of nitrogens with zero attached hydrogens (tertiary/aromatic N) is 1. The van der Waals surface area contributed by atoms with Crippen LogP contribution >= 0.6 is 0 Å². The SMILES string of the molecule is CC[C@]1(c2ccc(NC(=O)c3ccn(C)c(=O)c3)cc2)CCC(=O)NC1=O. The molecule has 1 aromatic heterocycles. The van der Waals surface area contributed by atoms with Gasteiger partial charge >= 0.3 is 0 Å². The van der Waals surface area contributed by atoms with Crippen molar-refractivity contribution in [1.29, 1.82) is 0 Å². The second-order valence-electron chi connectivity index (χ2n) is 6.71. The van der Waals surface area contributed by atoms with Crippen LogP contribution in [0, 0.1) is 0 Å². The number of rotatable bonds is 4. The second-order valence-corrected chi connectivity index (χ2v) is 6.71. The number of piperidine rings is 1. The fraction of sp³-hybridized carbons (Fsp3) is 0.300. The number of hydrogen-bond acceptors (Lipinski definition) is 4. The van der Waals surface area contributed by atoms with E-state index in [1.165, 1.54) is 16.8 Å². The van der Waals surface area contributed by atoms with Crippen molar-refractivity contribution in [3.63, 3.8) is 0 Å². The number of anilines is 1. The number of pyridine rings is 1. The molecule has 0 aliphatic carbocycles. The predicted molar refractivity (Wildman–Crippen MR) is 100 cm³/mol. The molecule has 27 heavy (non-hydrogen) atoms. The Labute approximate surface area is 156 Å². The second kappa shape index (κ2) is 7.19. The lowest BCUT2D eigenvalue weighted by Crippen LogP contribution is -2.51. The van der Waals surface area contributed by atoms with Gasteiger partial charge in [0.05, 0.1) is 5.41 Å². The topological polar surface area (TPSA) is 97.3 Å². The summed E-state index contributed by atoms with van der Waals surface area (Å²) < 4.78 is 1.38. The molecule has 3 amide bonds. The van der Waals surface area contributed by atoms with E-state index < -0.39 is 5.41 Å². The summed E-state index contributed by atoms with van der Waals surface area (Å²) in [5.41, 5.74) is 0.643. The van der Waals surface area contributed by atoms with Crippen LogP contribution in [-0.4, -0.2) is 22.3 Å². The van der Waals surface area contributed by atoms with Gasteiger partial charge in [-0.2, -0.15) is 0 Å². The smallest absolute Gasteiger partial charge is 0.255 e. The zero-order valence-electron chi connectivity index (χ0n) is 15.2. The summed E-state index contributed by atoms with van der Waals surface area (Å²) in [6.45, 7) is 1.92. The maximum Gasteiger partial charge on any atom is 0.255 e. The Morgan fingerprint density at radius 1 is 1.19 bits per heavy atom. The molecular weight excluding hydrogens is 346 g/mol. The molecule has 1 aliphatic heterocycles. The van der Waals surface area contributed by atoms with Gasteiger partial charge in [0.25, 0.3) is 11.5 Å². The molecule has 140 valence electrons. The molecule has 0 spiro atoms.